The van der Waals surface area contributed by atoms with Crippen LogP contribution in [0.2, 0.25) is 0 Å². The second kappa shape index (κ2) is 9.59. The molecule has 0 amide bonds. The first-order valence-corrected chi connectivity index (χ1v) is 9.41. The van der Waals surface area contributed by atoms with Gasteiger partial charge in [-0.05, 0) is 50.5 Å². The molecule has 0 unspecified atom stereocenters. The van der Waals surface area contributed by atoms with Gasteiger partial charge in [0.2, 0.25) is 5.56 Å². The zero-order valence-corrected chi connectivity index (χ0v) is 17.6. The minimum absolute atomic E-state index is 0. The van der Waals surface area contributed by atoms with Gasteiger partial charge in [-0.25, -0.2) is 0 Å². The average molecular weight is 458 g/mol. The molecule has 6 heteroatoms. The molecule has 0 radical (unpaired) electrons. The molecule has 1 spiro atoms. The molecule has 5 nitrogen and oxygen atoms in total. The first-order chi connectivity index (χ1) is 11.7. The summed E-state index contributed by atoms with van der Waals surface area (Å²) >= 11 is 0. The van der Waals surface area contributed by atoms with Crippen LogP contribution in [0.15, 0.2) is 34.2 Å². The van der Waals surface area contributed by atoms with E-state index in [2.05, 4.69) is 17.1 Å². The van der Waals surface area contributed by atoms with Gasteiger partial charge in [0, 0.05) is 45.0 Å². The van der Waals surface area contributed by atoms with E-state index in [-0.39, 0.29) is 29.5 Å². The molecule has 0 aromatic carbocycles. The molecule has 1 aliphatic heterocycles. The fourth-order valence-electron chi connectivity index (χ4n) is 3.85. The number of hydrogen-bond donors (Lipinski definition) is 1. The van der Waals surface area contributed by atoms with E-state index >= 15 is 0 Å². The summed E-state index contributed by atoms with van der Waals surface area (Å²) in [4.78, 5) is 18.9. The Morgan fingerprint density at radius 2 is 2.12 bits per heavy atom. The van der Waals surface area contributed by atoms with Gasteiger partial charge in [-0.2, -0.15) is 0 Å². The molecule has 0 bridgehead atoms. The van der Waals surface area contributed by atoms with Gasteiger partial charge in [-0.1, -0.05) is 12.5 Å². The number of nitrogens with one attached hydrogen (secondary N) is 1. The first kappa shape index (κ1) is 20.3. The second-order valence-electron chi connectivity index (χ2n) is 7.20. The zero-order valence-electron chi connectivity index (χ0n) is 15.2. The van der Waals surface area contributed by atoms with Gasteiger partial charge in [0.1, 0.15) is 0 Å². The fraction of sp³-hybridized carbons (Fsp3) is 0.684. The number of rotatable bonds is 6. The predicted octanol–water partition coefficient (Wildman–Crippen LogP) is 3.09. The number of aryl methyl sites for hydroxylation is 1. The van der Waals surface area contributed by atoms with Crippen LogP contribution in [-0.2, 0) is 6.54 Å². The highest BCUT2D eigenvalue weighted by molar-refractivity contribution is 14.0. The maximum absolute atomic E-state index is 11.7. The molecular weight excluding hydrogens is 427 g/mol. The van der Waals surface area contributed by atoms with E-state index in [9.17, 15) is 4.79 Å². The number of likely N-dealkylation sites (tertiary alicyclic amines) is 1. The summed E-state index contributed by atoms with van der Waals surface area (Å²) in [5.74, 6) is 1.08. The van der Waals surface area contributed by atoms with Crippen LogP contribution < -0.4 is 10.9 Å². The molecule has 1 saturated heterocycles. The van der Waals surface area contributed by atoms with E-state index in [4.69, 9.17) is 4.99 Å². The van der Waals surface area contributed by atoms with Crippen molar-refractivity contribution in [2.24, 2.45) is 10.4 Å². The van der Waals surface area contributed by atoms with Gasteiger partial charge < -0.3 is 14.8 Å². The highest BCUT2D eigenvalue weighted by atomic mass is 127. The third-order valence-electron chi connectivity index (χ3n) is 5.45. The Kier molecular flexibility index (Phi) is 7.78. The van der Waals surface area contributed by atoms with Crippen molar-refractivity contribution in [3.63, 3.8) is 0 Å². The van der Waals surface area contributed by atoms with Crippen molar-refractivity contribution < 1.29 is 0 Å². The lowest BCUT2D eigenvalue weighted by Crippen LogP contribution is -2.42. The summed E-state index contributed by atoms with van der Waals surface area (Å²) in [6, 6.07) is 5.31. The molecule has 2 heterocycles. The van der Waals surface area contributed by atoms with Gasteiger partial charge >= 0.3 is 0 Å². The SMILES string of the molecule is CCNC(=NCCCCn1ccccc1=O)N1CCC2(CCC2)C1.I. The lowest BCUT2D eigenvalue weighted by molar-refractivity contribution is 0.151. The Morgan fingerprint density at radius 3 is 2.76 bits per heavy atom. The fourth-order valence-corrected chi connectivity index (χ4v) is 3.85. The van der Waals surface area contributed by atoms with Gasteiger partial charge in [0.25, 0.3) is 0 Å². The van der Waals surface area contributed by atoms with E-state index in [0.717, 1.165) is 45.0 Å². The lowest BCUT2D eigenvalue weighted by Gasteiger charge is -2.38. The average Bonchev–Trinajstić information content (AvgIpc) is 3.01. The number of unbranched alkanes of at least 4 members (excludes halogenated alkanes) is 1. The maximum atomic E-state index is 11.7. The topological polar surface area (TPSA) is 49.6 Å². The van der Waals surface area contributed by atoms with Crippen LogP contribution in [0.5, 0.6) is 0 Å². The number of guanidine groups is 1. The molecule has 140 valence electrons. The van der Waals surface area contributed by atoms with Crippen molar-refractivity contribution in [3.05, 3.63) is 34.7 Å². The first-order valence-electron chi connectivity index (χ1n) is 9.41. The molecule has 25 heavy (non-hydrogen) atoms. The smallest absolute Gasteiger partial charge is 0.250 e. The molecule has 1 aliphatic carbocycles. The molecule has 1 N–H and O–H groups in total. The highest BCUT2D eigenvalue weighted by Gasteiger charge is 2.43. The Hall–Kier alpha value is -1.05. The van der Waals surface area contributed by atoms with E-state index in [1.165, 1.54) is 32.2 Å². The summed E-state index contributed by atoms with van der Waals surface area (Å²) in [6.07, 6.45) is 9.38. The van der Waals surface area contributed by atoms with Gasteiger partial charge in [-0.15, -0.1) is 24.0 Å². The van der Waals surface area contributed by atoms with Crippen LogP contribution in [0.25, 0.3) is 0 Å². The third kappa shape index (κ3) is 5.21. The lowest BCUT2D eigenvalue weighted by atomic mass is 9.68. The molecule has 1 saturated carbocycles. The van der Waals surface area contributed by atoms with Crippen molar-refractivity contribution in [2.45, 2.75) is 52.0 Å². The summed E-state index contributed by atoms with van der Waals surface area (Å²) < 4.78 is 1.77. The molecule has 1 aromatic rings. The highest BCUT2D eigenvalue weighted by Crippen LogP contribution is 2.47. The molecule has 2 aliphatic rings. The van der Waals surface area contributed by atoms with E-state index in [0.29, 0.717) is 5.41 Å². The van der Waals surface area contributed by atoms with E-state index in [1.807, 2.05) is 12.3 Å². The van der Waals surface area contributed by atoms with Crippen LogP contribution >= 0.6 is 24.0 Å². The molecular formula is C19H31IN4O. The van der Waals surface area contributed by atoms with Crippen molar-refractivity contribution in [1.82, 2.24) is 14.8 Å². The van der Waals surface area contributed by atoms with Crippen LogP contribution in [-0.4, -0.2) is 41.6 Å². The van der Waals surface area contributed by atoms with Gasteiger partial charge in [-0.3, -0.25) is 9.79 Å². The minimum Gasteiger partial charge on any atom is -0.357 e. The quantitative estimate of drug-likeness (QED) is 0.309. The largest absolute Gasteiger partial charge is 0.357 e. The van der Waals surface area contributed by atoms with Crippen molar-refractivity contribution >= 4 is 29.9 Å². The van der Waals surface area contributed by atoms with Gasteiger partial charge in [0.05, 0.1) is 0 Å². The van der Waals surface area contributed by atoms with Gasteiger partial charge in [0.15, 0.2) is 5.96 Å². The Bertz CT molecular complexity index is 624. The Labute approximate surface area is 167 Å². The monoisotopic (exact) mass is 458 g/mol. The summed E-state index contributed by atoms with van der Waals surface area (Å²) in [5, 5.41) is 3.45. The Balaban J connectivity index is 0.00000225. The standard InChI is InChI=1S/C19H30N4O.HI/c1-2-20-18(23-15-11-19(16-23)9-7-10-19)21-12-4-6-14-22-13-5-3-8-17(22)24;/h3,5,8,13H,2,4,6-7,9-12,14-16H2,1H3,(H,20,21);1H. The van der Waals surface area contributed by atoms with Crippen molar-refractivity contribution in [3.8, 4) is 0 Å². The minimum atomic E-state index is 0. The zero-order chi connectivity index (χ0) is 16.8. The van der Waals surface area contributed by atoms with E-state index in [1.54, 1.807) is 16.7 Å². The molecule has 3 rings (SSSR count). The third-order valence-corrected chi connectivity index (χ3v) is 5.45. The van der Waals surface area contributed by atoms with Crippen molar-refractivity contribution in [2.75, 3.05) is 26.2 Å². The Morgan fingerprint density at radius 1 is 1.28 bits per heavy atom. The number of aliphatic imine (C=N–C) groups is 1. The number of pyridine rings is 1. The van der Waals surface area contributed by atoms with Crippen LogP contribution in [0.4, 0.5) is 0 Å². The summed E-state index contributed by atoms with van der Waals surface area (Å²) in [5.41, 5.74) is 0.683. The van der Waals surface area contributed by atoms with Crippen molar-refractivity contribution in [1.29, 1.82) is 0 Å². The number of nitrogens with zero attached hydrogens (tertiary/aromatic N) is 3. The van der Waals surface area contributed by atoms with Crippen LogP contribution in [0.1, 0.15) is 45.4 Å². The number of halogens is 1. The normalized spacial score (nSPS) is 18.8. The number of aromatic nitrogens is 1. The molecule has 0 atom stereocenters. The molecule has 1 aromatic heterocycles. The van der Waals surface area contributed by atoms with Crippen LogP contribution in [0.3, 0.4) is 0 Å². The summed E-state index contributed by atoms with van der Waals surface area (Å²) in [7, 11) is 0. The molecule has 2 fully saturated rings. The second-order valence-corrected chi connectivity index (χ2v) is 7.20. The van der Waals surface area contributed by atoms with E-state index < -0.39 is 0 Å². The number of hydrogen-bond acceptors (Lipinski definition) is 2. The van der Waals surface area contributed by atoms with Crippen LogP contribution in [0, 0.1) is 5.41 Å². The maximum Gasteiger partial charge on any atom is 0.250 e. The predicted molar refractivity (Wildman–Crippen MR) is 114 cm³/mol. The summed E-state index contributed by atoms with van der Waals surface area (Å²) in [6.45, 7) is 6.98.